The summed E-state index contributed by atoms with van der Waals surface area (Å²) in [7, 11) is 0. The van der Waals surface area contributed by atoms with Gasteiger partial charge in [0.15, 0.2) is 0 Å². The first kappa shape index (κ1) is 14.4. The van der Waals surface area contributed by atoms with Crippen LogP contribution >= 0.6 is 0 Å². The second kappa shape index (κ2) is 5.58. The van der Waals surface area contributed by atoms with Crippen LogP contribution in [-0.4, -0.2) is 10.8 Å². The van der Waals surface area contributed by atoms with Gasteiger partial charge in [0.05, 0.1) is 11.0 Å². The number of carbonyl (C=O) groups is 1. The standard InChI is InChI=1S/C14H12FN3O3/c1-8-2-3-9(6-11(8)16)14(19)17-12-5-4-10(15)7-13(12)18(20)21/h2-7H,16H2,1H3,(H,17,19). The lowest BCUT2D eigenvalue weighted by atomic mass is 10.1. The van der Waals surface area contributed by atoms with Crippen LogP contribution in [0.4, 0.5) is 21.5 Å². The minimum atomic E-state index is -0.762. The number of carbonyl (C=O) groups excluding carboxylic acids is 1. The van der Waals surface area contributed by atoms with Gasteiger partial charge < -0.3 is 11.1 Å². The van der Waals surface area contributed by atoms with E-state index in [0.29, 0.717) is 5.69 Å². The SMILES string of the molecule is Cc1ccc(C(=O)Nc2ccc(F)cc2[N+](=O)[O-])cc1N. The lowest BCUT2D eigenvalue weighted by Gasteiger charge is -2.07. The van der Waals surface area contributed by atoms with E-state index in [1.807, 2.05) is 0 Å². The Morgan fingerprint density at radius 2 is 2.00 bits per heavy atom. The van der Waals surface area contributed by atoms with Crippen molar-refractivity contribution in [2.75, 3.05) is 11.1 Å². The Labute approximate surface area is 119 Å². The Morgan fingerprint density at radius 3 is 2.62 bits per heavy atom. The second-order valence-electron chi connectivity index (χ2n) is 4.44. The molecule has 0 unspecified atom stereocenters. The van der Waals surface area contributed by atoms with Crippen molar-refractivity contribution >= 4 is 23.0 Å². The van der Waals surface area contributed by atoms with Crippen LogP contribution in [0.2, 0.25) is 0 Å². The maximum atomic E-state index is 13.0. The number of nitrogens with one attached hydrogen (secondary N) is 1. The molecular weight excluding hydrogens is 277 g/mol. The molecule has 0 heterocycles. The summed E-state index contributed by atoms with van der Waals surface area (Å²) in [6.45, 7) is 1.79. The van der Waals surface area contributed by atoms with E-state index in [1.165, 1.54) is 6.07 Å². The number of rotatable bonds is 3. The number of benzene rings is 2. The predicted molar refractivity (Wildman–Crippen MR) is 76.6 cm³/mol. The quantitative estimate of drug-likeness (QED) is 0.515. The maximum absolute atomic E-state index is 13.0. The fraction of sp³-hybridized carbons (Fsp3) is 0.0714. The number of hydrogen-bond acceptors (Lipinski definition) is 4. The zero-order valence-corrected chi connectivity index (χ0v) is 11.1. The molecule has 0 bridgehead atoms. The molecule has 0 aromatic heterocycles. The zero-order chi connectivity index (χ0) is 15.6. The van der Waals surface area contributed by atoms with E-state index in [4.69, 9.17) is 5.73 Å². The Kier molecular flexibility index (Phi) is 3.84. The molecule has 0 radical (unpaired) electrons. The minimum absolute atomic E-state index is 0.0782. The number of nitrogens with two attached hydrogens (primary N) is 1. The van der Waals surface area contributed by atoms with Crippen molar-refractivity contribution < 1.29 is 14.1 Å². The fourth-order valence-corrected chi connectivity index (χ4v) is 1.74. The summed E-state index contributed by atoms with van der Waals surface area (Å²) in [6, 6.07) is 7.62. The van der Waals surface area contributed by atoms with Crippen molar-refractivity contribution in [3.8, 4) is 0 Å². The number of nitrogens with zero attached hydrogens (tertiary/aromatic N) is 1. The third-order valence-electron chi connectivity index (χ3n) is 2.95. The zero-order valence-electron chi connectivity index (χ0n) is 11.1. The lowest BCUT2D eigenvalue weighted by Crippen LogP contribution is -2.13. The average Bonchev–Trinajstić information content (AvgIpc) is 2.43. The smallest absolute Gasteiger partial charge is 0.295 e. The molecule has 0 aliphatic rings. The van der Waals surface area contributed by atoms with Gasteiger partial charge in [-0.1, -0.05) is 6.07 Å². The highest BCUT2D eigenvalue weighted by Crippen LogP contribution is 2.25. The van der Waals surface area contributed by atoms with Gasteiger partial charge >= 0.3 is 0 Å². The lowest BCUT2D eigenvalue weighted by molar-refractivity contribution is -0.384. The molecule has 2 aromatic carbocycles. The molecule has 2 aromatic rings. The Hall–Kier alpha value is -2.96. The summed E-state index contributed by atoms with van der Waals surface area (Å²) < 4.78 is 13.0. The van der Waals surface area contributed by atoms with Crippen LogP contribution in [0.25, 0.3) is 0 Å². The van der Waals surface area contributed by atoms with E-state index >= 15 is 0 Å². The molecular formula is C14H12FN3O3. The highest BCUT2D eigenvalue weighted by atomic mass is 19.1. The monoisotopic (exact) mass is 289 g/mol. The van der Waals surface area contributed by atoms with Crippen molar-refractivity contribution in [3.05, 3.63) is 63.5 Å². The Morgan fingerprint density at radius 1 is 1.29 bits per heavy atom. The number of nitro groups is 1. The van der Waals surface area contributed by atoms with Crippen LogP contribution in [0.15, 0.2) is 36.4 Å². The molecule has 0 atom stereocenters. The van der Waals surface area contributed by atoms with Gasteiger partial charge in [-0.25, -0.2) is 4.39 Å². The van der Waals surface area contributed by atoms with Crippen LogP contribution in [0.3, 0.4) is 0 Å². The first-order valence-electron chi connectivity index (χ1n) is 6.00. The van der Waals surface area contributed by atoms with Crippen molar-refractivity contribution in [1.82, 2.24) is 0 Å². The fourth-order valence-electron chi connectivity index (χ4n) is 1.74. The highest BCUT2D eigenvalue weighted by Gasteiger charge is 2.17. The third-order valence-corrected chi connectivity index (χ3v) is 2.95. The van der Waals surface area contributed by atoms with E-state index < -0.39 is 22.3 Å². The third kappa shape index (κ3) is 3.14. The van der Waals surface area contributed by atoms with Crippen LogP contribution in [0, 0.1) is 22.9 Å². The summed E-state index contributed by atoms with van der Waals surface area (Å²) in [5, 5.41) is 13.2. The van der Waals surface area contributed by atoms with Gasteiger partial charge in [-0.2, -0.15) is 0 Å². The summed E-state index contributed by atoms with van der Waals surface area (Å²) in [4.78, 5) is 22.2. The number of amides is 1. The van der Waals surface area contributed by atoms with E-state index in [1.54, 1.807) is 19.1 Å². The molecule has 0 aliphatic heterocycles. The maximum Gasteiger partial charge on any atom is 0.295 e. The Balaban J connectivity index is 2.31. The van der Waals surface area contributed by atoms with Crippen molar-refractivity contribution in [2.45, 2.75) is 6.92 Å². The normalized spacial score (nSPS) is 10.2. The molecule has 0 aliphatic carbocycles. The number of hydrogen-bond donors (Lipinski definition) is 2. The molecule has 7 heteroatoms. The van der Waals surface area contributed by atoms with E-state index in [9.17, 15) is 19.3 Å². The number of aryl methyl sites for hydroxylation is 1. The van der Waals surface area contributed by atoms with E-state index in [2.05, 4.69) is 5.32 Å². The average molecular weight is 289 g/mol. The molecule has 0 fully saturated rings. The van der Waals surface area contributed by atoms with Crippen molar-refractivity contribution in [1.29, 1.82) is 0 Å². The van der Waals surface area contributed by atoms with Gasteiger partial charge in [0.25, 0.3) is 11.6 Å². The molecule has 0 saturated carbocycles. The number of anilines is 2. The number of nitrogen functional groups attached to an aromatic ring is 1. The first-order valence-corrected chi connectivity index (χ1v) is 6.00. The summed E-state index contributed by atoms with van der Waals surface area (Å²) in [5.41, 5.74) is 6.64. The molecule has 0 spiro atoms. The Bertz CT molecular complexity index is 731. The summed E-state index contributed by atoms with van der Waals surface area (Å²) in [5.74, 6) is -1.31. The molecule has 3 N–H and O–H groups in total. The van der Waals surface area contributed by atoms with Gasteiger partial charge in [0, 0.05) is 11.3 Å². The first-order chi connectivity index (χ1) is 9.88. The van der Waals surface area contributed by atoms with Gasteiger partial charge in [0.2, 0.25) is 0 Å². The molecule has 6 nitrogen and oxygen atoms in total. The van der Waals surface area contributed by atoms with Crippen LogP contribution in [0.1, 0.15) is 15.9 Å². The molecule has 1 amide bonds. The van der Waals surface area contributed by atoms with E-state index in [0.717, 1.165) is 23.8 Å². The topological polar surface area (TPSA) is 98.3 Å². The largest absolute Gasteiger partial charge is 0.398 e. The van der Waals surface area contributed by atoms with Gasteiger partial charge in [-0.05, 0) is 36.8 Å². The van der Waals surface area contributed by atoms with E-state index in [-0.39, 0.29) is 11.3 Å². The summed E-state index contributed by atoms with van der Waals surface area (Å²) >= 11 is 0. The number of nitro benzene ring substituents is 1. The number of halogens is 1. The molecule has 21 heavy (non-hydrogen) atoms. The van der Waals surface area contributed by atoms with Gasteiger partial charge in [-0.15, -0.1) is 0 Å². The molecule has 108 valence electrons. The second-order valence-corrected chi connectivity index (χ2v) is 4.44. The minimum Gasteiger partial charge on any atom is -0.398 e. The van der Waals surface area contributed by atoms with Crippen molar-refractivity contribution in [3.63, 3.8) is 0 Å². The predicted octanol–water partition coefficient (Wildman–Crippen LogP) is 2.88. The van der Waals surface area contributed by atoms with Crippen LogP contribution in [-0.2, 0) is 0 Å². The summed E-state index contributed by atoms with van der Waals surface area (Å²) in [6.07, 6.45) is 0. The van der Waals surface area contributed by atoms with Crippen LogP contribution in [0.5, 0.6) is 0 Å². The molecule has 2 rings (SSSR count). The van der Waals surface area contributed by atoms with Crippen molar-refractivity contribution in [2.24, 2.45) is 0 Å². The molecule has 0 saturated heterocycles. The van der Waals surface area contributed by atoms with Crippen LogP contribution < -0.4 is 11.1 Å². The van der Waals surface area contributed by atoms with Gasteiger partial charge in [-0.3, -0.25) is 14.9 Å². The highest BCUT2D eigenvalue weighted by molar-refractivity contribution is 6.05. The van der Waals surface area contributed by atoms with Gasteiger partial charge in [0.1, 0.15) is 11.5 Å².